The number of ether oxygens (including phenoxy) is 2. The summed E-state index contributed by atoms with van der Waals surface area (Å²) in [6, 6.07) is 10.4. The van der Waals surface area contributed by atoms with Gasteiger partial charge in [-0.15, -0.1) is 0 Å². The zero-order valence-corrected chi connectivity index (χ0v) is 14.5. The Morgan fingerprint density at radius 2 is 1.96 bits per heavy atom. The van der Waals surface area contributed by atoms with Crippen molar-refractivity contribution in [3.05, 3.63) is 47.6 Å². The molecule has 2 fully saturated rings. The smallest absolute Gasteiger partial charge is 0.255 e. The Hall–Kier alpha value is -1.76. The fraction of sp³-hybridized carbons (Fsp3) is 0.579. The topological polar surface area (TPSA) is 60.6 Å². The van der Waals surface area contributed by atoms with Crippen LogP contribution in [0, 0.1) is 0 Å². The molecule has 2 aliphatic heterocycles. The lowest BCUT2D eigenvalue weighted by molar-refractivity contribution is -0.00446. The van der Waals surface area contributed by atoms with Crippen LogP contribution in [-0.4, -0.2) is 40.8 Å². The third-order valence-electron chi connectivity index (χ3n) is 4.92. The molecule has 3 heterocycles. The molecule has 1 atom stereocenters. The van der Waals surface area contributed by atoms with Crippen LogP contribution in [0.1, 0.15) is 49.1 Å². The van der Waals surface area contributed by atoms with Crippen molar-refractivity contribution in [2.45, 2.75) is 51.0 Å². The zero-order valence-electron chi connectivity index (χ0n) is 14.5. The summed E-state index contributed by atoms with van der Waals surface area (Å²) in [7, 11) is 0. The van der Waals surface area contributed by atoms with Crippen LogP contribution >= 0.6 is 0 Å². The molecular formula is C19H25N3O3. The standard InChI is InChI=1S/C19H25N3O3/c1-2-5-15(6-3-1)14-24-16-8-10-22(11-9-16)13-18-20-19(25-21-18)17-7-4-12-23-17/h1-3,5-6,16-17H,4,7-14H2. The summed E-state index contributed by atoms with van der Waals surface area (Å²) in [6.07, 6.45) is 4.47. The average Bonchev–Trinajstić information content (AvgIpc) is 3.34. The minimum atomic E-state index is -0.00151. The molecule has 1 unspecified atom stereocenters. The third kappa shape index (κ3) is 4.45. The van der Waals surface area contributed by atoms with E-state index in [1.807, 2.05) is 6.07 Å². The predicted octanol–water partition coefficient (Wildman–Crippen LogP) is 3.10. The SMILES string of the molecule is c1ccc(COC2CCN(Cc3noc(C4CCCO4)n3)CC2)cc1. The van der Waals surface area contributed by atoms with E-state index < -0.39 is 0 Å². The minimum absolute atomic E-state index is 0.00151. The number of piperidine rings is 1. The summed E-state index contributed by atoms with van der Waals surface area (Å²) < 4.78 is 17.0. The van der Waals surface area contributed by atoms with Gasteiger partial charge in [0.25, 0.3) is 5.89 Å². The molecule has 0 aliphatic carbocycles. The van der Waals surface area contributed by atoms with Crippen LogP contribution in [0.5, 0.6) is 0 Å². The van der Waals surface area contributed by atoms with E-state index in [4.69, 9.17) is 14.0 Å². The molecule has 6 heteroatoms. The number of hydrogen-bond donors (Lipinski definition) is 0. The summed E-state index contributed by atoms with van der Waals surface area (Å²) in [5.41, 5.74) is 1.23. The Labute approximate surface area is 148 Å². The van der Waals surface area contributed by atoms with Gasteiger partial charge in [0.05, 0.1) is 19.3 Å². The van der Waals surface area contributed by atoms with Gasteiger partial charge in [0.2, 0.25) is 0 Å². The van der Waals surface area contributed by atoms with Gasteiger partial charge < -0.3 is 14.0 Å². The Bertz CT molecular complexity index is 647. The molecule has 4 rings (SSSR count). The summed E-state index contributed by atoms with van der Waals surface area (Å²) in [5.74, 6) is 1.39. The molecule has 1 aromatic carbocycles. The third-order valence-corrected chi connectivity index (χ3v) is 4.92. The second kappa shape index (κ2) is 8.08. The lowest BCUT2D eigenvalue weighted by atomic mass is 10.1. The molecule has 0 bridgehead atoms. The molecule has 0 amide bonds. The second-order valence-corrected chi connectivity index (χ2v) is 6.82. The van der Waals surface area contributed by atoms with Crippen molar-refractivity contribution < 1.29 is 14.0 Å². The van der Waals surface area contributed by atoms with Crippen molar-refractivity contribution in [2.75, 3.05) is 19.7 Å². The van der Waals surface area contributed by atoms with E-state index >= 15 is 0 Å². The van der Waals surface area contributed by atoms with E-state index in [0.29, 0.717) is 18.6 Å². The largest absolute Gasteiger partial charge is 0.373 e. The van der Waals surface area contributed by atoms with Crippen molar-refractivity contribution in [3.63, 3.8) is 0 Å². The first-order chi connectivity index (χ1) is 12.4. The molecule has 0 spiro atoms. The van der Waals surface area contributed by atoms with Crippen LogP contribution in [0.2, 0.25) is 0 Å². The summed E-state index contributed by atoms with van der Waals surface area (Å²) >= 11 is 0. The number of benzene rings is 1. The van der Waals surface area contributed by atoms with Gasteiger partial charge in [-0.2, -0.15) is 4.98 Å². The van der Waals surface area contributed by atoms with Crippen LogP contribution in [0.3, 0.4) is 0 Å². The molecule has 2 aliphatic rings. The summed E-state index contributed by atoms with van der Waals surface area (Å²) in [4.78, 5) is 6.87. The van der Waals surface area contributed by atoms with Crippen molar-refractivity contribution in [3.8, 4) is 0 Å². The molecule has 25 heavy (non-hydrogen) atoms. The fourth-order valence-corrected chi connectivity index (χ4v) is 3.46. The van der Waals surface area contributed by atoms with E-state index in [-0.39, 0.29) is 6.10 Å². The molecule has 1 aromatic heterocycles. The van der Waals surface area contributed by atoms with E-state index in [9.17, 15) is 0 Å². The van der Waals surface area contributed by atoms with Gasteiger partial charge in [-0.3, -0.25) is 4.90 Å². The van der Waals surface area contributed by atoms with Gasteiger partial charge in [-0.05, 0) is 31.2 Å². The number of nitrogens with zero attached hydrogens (tertiary/aromatic N) is 3. The Kier molecular flexibility index (Phi) is 5.40. The van der Waals surface area contributed by atoms with E-state index in [1.54, 1.807) is 0 Å². The van der Waals surface area contributed by atoms with Crippen molar-refractivity contribution in [1.29, 1.82) is 0 Å². The van der Waals surface area contributed by atoms with Gasteiger partial charge >= 0.3 is 0 Å². The van der Waals surface area contributed by atoms with E-state index in [2.05, 4.69) is 39.3 Å². The molecule has 134 valence electrons. The maximum atomic E-state index is 6.05. The zero-order chi connectivity index (χ0) is 16.9. The highest BCUT2D eigenvalue weighted by molar-refractivity contribution is 5.13. The molecule has 2 saturated heterocycles. The highest BCUT2D eigenvalue weighted by atomic mass is 16.5. The van der Waals surface area contributed by atoms with Crippen LogP contribution in [0.4, 0.5) is 0 Å². The van der Waals surface area contributed by atoms with Gasteiger partial charge in [0.15, 0.2) is 5.82 Å². The maximum Gasteiger partial charge on any atom is 0.255 e. The molecular weight excluding hydrogens is 318 g/mol. The summed E-state index contributed by atoms with van der Waals surface area (Å²) in [5, 5.41) is 4.11. The van der Waals surface area contributed by atoms with Crippen LogP contribution in [0.15, 0.2) is 34.9 Å². The monoisotopic (exact) mass is 343 g/mol. The van der Waals surface area contributed by atoms with Crippen LogP contribution in [0.25, 0.3) is 0 Å². The van der Waals surface area contributed by atoms with Crippen LogP contribution in [-0.2, 0) is 22.6 Å². The first-order valence-electron chi connectivity index (χ1n) is 9.19. The van der Waals surface area contributed by atoms with Crippen molar-refractivity contribution in [1.82, 2.24) is 15.0 Å². The molecule has 2 aromatic rings. The highest BCUT2D eigenvalue weighted by Crippen LogP contribution is 2.27. The number of hydrogen-bond acceptors (Lipinski definition) is 6. The second-order valence-electron chi connectivity index (χ2n) is 6.82. The lowest BCUT2D eigenvalue weighted by Gasteiger charge is -2.31. The van der Waals surface area contributed by atoms with Crippen molar-refractivity contribution in [2.24, 2.45) is 0 Å². The maximum absolute atomic E-state index is 6.05. The fourth-order valence-electron chi connectivity index (χ4n) is 3.46. The number of aromatic nitrogens is 2. The average molecular weight is 343 g/mol. The van der Waals surface area contributed by atoms with Crippen LogP contribution < -0.4 is 0 Å². The Morgan fingerprint density at radius 3 is 2.72 bits per heavy atom. The van der Waals surface area contributed by atoms with Crippen molar-refractivity contribution >= 4 is 0 Å². The molecule has 6 nitrogen and oxygen atoms in total. The van der Waals surface area contributed by atoms with Gasteiger partial charge in [-0.25, -0.2) is 0 Å². The van der Waals surface area contributed by atoms with Gasteiger partial charge in [0.1, 0.15) is 6.10 Å². The normalized spacial score (nSPS) is 22.5. The summed E-state index contributed by atoms with van der Waals surface area (Å²) in [6.45, 7) is 4.23. The lowest BCUT2D eigenvalue weighted by Crippen LogP contribution is -2.36. The Morgan fingerprint density at radius 1 is 1.12 bits per heavy atom. The van der Waals surface area contributed by atoms with Gasteiger partial charge in [-0.1, -0.05) is 35.5 Å². The minimum Gasteiger partial charge on any atom is -0.373 e. The first kappa shape index (κ1) is 16.7. The molecule has 0 radical (unpaired) electrons. The molecule has 0 saturated carbocycles. The Balaban J connectivity index is 1.21. The predicted molar refractivity (Wildman–Crippen MR) is 91.8 cm³/mol. The highest BCUT2D eigenvalue weighted by Gasteiger charge is 2.25. The quantitative estimate of drug-likeness (QED) is 0.803. The number of rotatable bonds is 6. The molecule has 0 N–H and O–H groups in total. The first-order valence-corrected chi connectivity index (χ1v) is 9.19. The van der Waals surface area contributed by atoms with Gasteiger partial charge in [0, 0.05) is 19.7 Å². The van der Waals surface area contributed by atoms with E-state index in [0.717, 1.165) is 57.7 Å². The van der Waals surface area contributed by atoms with E-state index in [1.165, 1.54) is 5.56 Å². The number of likely N-dealkylation sites (tertiary alicyclic amines) is 1.